The van der Waals surface area contributed by atoms with Gasteiger partial charge in [0.2, 0.25) is 0 Å². The lowest BCUT2D eigenvalue weighted by Crippen LogP contribution is -2.31. The van der Waals surface area contributed by atoms with Crippen LogP contribution >= 0.6 is 0 Å². The highest BCUT2D eigenvalue weighted by atomic mass is 16.2. The van der Waals surface area contributed by atoms with Gasteiger partial charge < -0.3 is 10.6 Å². The van der Waals surface area contributed by atoms with Crippen molar-refractivity contribution in [2.24, 2.45) is 0 Å². The molecule has 0 aliphatic carbocycles. The fourth-order valence-corrected chi connectivity index (χ4v) is 1.56. The van der Waals surface area contributed by atoms with E-state index >= 15 is 0 Å². The molecule has 86 valence electrons. The standard InChI is InChI=1S/C13H18N2O/c1-3-8-15(9-4-2)13(16)11-6-5-7-12(14)10-11/h3,5-7,10H,1,4,8-9,14H2,2H3. The van der Waals surface area contributed by atoms with E-state index in [9.17, 15) is 4.79 Å². The molecule has 1 rings (SSSR count). The summed E-state index contributed by atoms with van der Waals surface area (Å²) in [5, 5.41) is 0. The predicted molar refractivity (Wildman–Crippen MR) is 67.2 cm³/mol. The lowest BCUT2D eigenvalue weighted by molar-refractivity contribution is 0.0774. The van der Waals surface area contributed by atoms with E-state index in [1.54, 1.807) is 35.2 Å². The number of amides is 1. The number of carbonyl (C=O) groups is 1. The van der Waals surface area contributed by atoms with Gasteiger partial charge in [0.25, 0.3) is 5.91 Å². The third-order valence-electron chi connectivity index (χ3n) is 2.26. The summed E-state index contributed by atoms with van der Waals surface area (Å²) < 4.78 is 0. The fraction of sp³-hybridized carbons (Fsp3) is 0.308. The minimum absolute atomic E-state index is 0.00838. The van der Waals surface area contributed by atoms with Gasteiger partial charge >= 0.3 is 0 Å². The van der Waals surface area contributed by atoms with Crippen LogP contribution in [0.25, 0.3) is 0 Å². The van der Waals surface area contributed by atoms with Gasteiger partial charge in [-0.2, -0.15) is 0 Å². The Labute approximate surface area is 96.6 Å². The lowest BCUT2D eigenvalue weighted by Gasteiger charge is -2.20. The maximum atomic E-state index is 12.1. The van der Waals surface area contributed by atoms with Gasteiger partial charge in [-0.3, -0.25) is 4.79 Å². The van der Waals surface area contributed by atoms with Gasteiger partial charge in [0.15, 0.2) is 0 Å². The molecule has 0 aliphatic rings. The molecule has 0 saturated carbocycles. The van der Waals surface area contributed by atoms with E-state index in [0.29, 0.717) is 17.8 Å². The molecule has 0 aliphatic heterocycles. The zero-order chi connectivity index (χ0) is 12.0. The molecule has 0 spiro atoms. The van der Waals surface area contributed by atoms with Crippen LogP contribution in [0.1, 0.15) is 23.7 Å². The number of hydrogen-bond acceptors (Lipinski definition) is 2. The zero-order valence-corrected chi connectivity index (χ0v) is 9.65. The van der Waals surface area contributed by atoms with E-state index in [0.717, 1.165) is 13.0 Å². The maximum absolute atomic E-state index is 12.1. The smallest absolute Gasteiger partial charge is 0.254 e. The Bertz CT molecular complexity index is 374. The minimum atomic E-state index is 0.00838. The SMILES string of the molecule is C=CCN(CCC)C(=O)c1cccc(N)c1. The van der Waals surface area contributed by atoms with Crippen LogP contribution in [0.2, 0.25) is 0 Å². The monoisotopic (exact) mass is 218 g/mol. The summed E-state index contributed by atoms with van der Waals surface area (Å²) in [5.41, 5.74) is 6.90. The number of nitrogens with two attached hydrogens (primary N) is 1. The summed E-state index contributed by atoms with van der Waals surface area (Å²) >= 11 is 0. The van der Waals surface area contributed by atoms with E-state index in [4.69, 9.17) is 5.73 Å². The average Bonchev–Trinajstić information content (AvgIpc) is 2.28. The number of rotatable bonds is 5. The third-order valence-corrected chi connectivity index (χ3v) is 2.26. The van der Waals surface area contributed by atoms with Crippen LogP contribution in [-0.2, 0) is 0 Å². The topological polar surface area (TPSA) is 46.3 Å². The molecule has 3 nitrogen and oxygen atoms in total. The van der Waals surface area contributed by atoms with Crippen molar-refractivity contribution in [2.75, 3.05) is 18.8 Å². The molecule has 0 fully saturated rings. The van der Waals surface area contributed by atoms with Crippen molar-refractivity contribution < 1.29 is 4.79 Å². The second-order valence-corrected chi connectivity index (χ2v) is 3.67. The van der Waals surface area contributed by atoms with E-state index in [1.165, 1.54) is 0 Å². The Kier molecular flexibility index (Phi) is 4.58. The molecular weight excluding hydrogens is 200 g/mol. The van der Waals surface area contributed by atoms with Crippen molar-refractivity contribution in [1.29, 1.82) is 0 Å². The normalized spacial score (nSPS) is 9.81. The molecule has 0 aromatic heterocycles. The minimum Gasteiger partial charge on any atom is -0.399 e. The van der Waals surface area contributed by atoms with Crippen molar-refractivity contribution in [2.45, 2.75) is 13.3 Å². The van der Waals surface area contributed by atoms with Gasteiger partial charge in [0, 0.05) is 24.3 Å². The molecule has 16 heavy (non-hydrogen) atoms. The third kappa shape index (κ3) is 3.12. The van der Waals surface area contributed by atoms with Gasteiger partial charge in [-0.1, -0.05) is 19.1 Å². The molecular formula is C13H18N2O. The van der Waals surface area contributed by atoms with Crippen molar-refractivity contribution in [1.82, 2.24) is 4.90 Å². The van der Waals surface area contributed by atoms with Gasteiger partial charge in [-0.15, -0.1) is 6.58 Å². The van der Waals surface area contributed by atoms with Crippen LogP contribution in [0.15, 0.2) is 36.9 Å². The Morgan fingerprint density at radius 1 is 1.56 bits per heavy atom. The Morgan fingerprint density at radius 2 is 2.31 bits per heavy atom. The van der Waals surface area contributed by atoms with Gasteiger partial charge in [-0.25, -0.2) is 0 Å². The summed E-state index contributed by atoms with van der Waals surface area (Å²) in [5.74, 6) is 0.00838. The molecule has 1 aromatic rings. The Hall–Kier alpha value is -1.77. The number of anilines is 1. The summed E-state index contributed by atoms with van der Waals surface area (Å²) in [7, 11) is 0. The largest absolute Gasteiger partial charge is 0.399 e. The van der Waals surface area contributed by atoms with E-state index in [-0.39, 0.29) is 5.91 Å². The second-order valence-electron chi connectivity index (χ2n) is 3.67. The maximum Gasteiger partial charge on any atom is 0.254 e. The number of carbonyl (C=O) groups excluding carboxylic acids is 1. The molecule has 0 bridgehead atoms. The summed E-state index contributed by atoms with van der Waals surface area (Å²) in [6.45, 7) is 7.01. The van der Waals surface area contributed by atoms with E-state index in [2.05, 4.69) is 6.58 Å². The summed E-state index contributed by atoms with van der Waals surface area (Å²) in [6.07, 6.45) is 2.67. The van der Waals surface area contributed by atoms with Crippen LogP contribution in [0.4, 0.5) is 5.69 Å². The molecule has 0 heterocycles. The molecule has 1 amide bonds. The van der Waals surface area contributed by atoms with Crippen LogP contribution in [-0.4, -0.2) is 23.9 Å². The quantitative estimate of drug-likeness (QED) is 0.609. The van der Waals surface area contributed by atoms with Crippen LogP contribution in [0, 0.1) is 0 Å². The second kappa shape index (κ2) is 5.95. The van der Waals surface area contributed by atoms with Crippen molar-refractivity contribution >= 4 is 11.6 Å². The van der Waals surface area contributed by atoms with Gasteiger partial charge in [0.1, 0.15) is 0 Å². The number of nitrogen functional groups attached to an aromatic ring is 1. The fourth-order valence-electron chi connectivity index (χ4n) is 1.56. The number of nitrogens with zero attached hydrogens (tertiary/aromatic N) is 1. The van der Waals surface area contributed by atoms with Crippen molar-refractivity contribution in [3.63, 3.8) is 0 Å². The highest BCUT2D eigenvalue weighted by Gasteiger charge is 2.13. The van der Waals surface area contributed by atoms with Gasteiger partial charge in [-0.05, 0) is 24.6 Å². The van der Waals surface area contributed by atoms with Crippen molar-refractivity contribution in [3.05, 3.63) is 42.5 Å². The van der Waals surface area contributed by atoms with Gasteiger partial charge in [0.05, 0.1) is 0 Å². The molecule has 0 radical (unpaired) electrons. The molecule has 2 N–H and O–H groups in total. The first-order valence-corrected chi connectivity index (χ1v) is 5.44. The van der Waals surface area contributed by atoms with E-state index in [1.807, 2.05) is 6.92 Å². The predicted octanol–water partition coefficient (Wildman–Crippen LogP) is 2.31. The Balaban J connectivity index is 2.85. The first-order chi connectivity index (χ1) is 7.69. The lowest BCUT2D eigenvalue weighted by atomic mass is 10.1. The number of benzene rings is 1. The first kappa shape index (κ1) is 12.3. The Morgan fingerprint density at radius 3 is 2.88 bits per heavy atom. The summed E-state index contributed by atoms with van der Waals surface area (Å²) in [6, 6.07) is 7.05. The van der Waals surface area contributed by atoms with Crippen molar-refractivity contribution in [3.8, 4) is 0 Å². The highest BCUT2D eigenvalue weighted by molar-refractivity contribution is 5.95. The van der Waals surface area contributed by atoms with Crippen LogP contribution in [0.5, 0.6) is 0 Å². The summed E-state index contributed by atoms with van der Waals surface area (Å²) in [4.78, 5) is 13.9. The molecule has 0 unspecified atom stereocenters. The molecule has 3 heteroatoms. The zero-order valence-electron chi connectivity index (χ0n) is 9.65. The van der Waals surface area contributed by atoms with Crippen LogP contribution in [0.3, 0.4) is 0 Å². The first-order valence-electron chi connectivity index (χ1n) is 5.44. The molecule has 0 atom stereocenters. The average molecular weight is 218 g/mol. The molecule has 0 saturated heterocycles. The number of hydrogen-bond donors (Lipinski definition) is 1. The highest BCUT2D eigenvalue weighted by Crippen LogP contribution is 2.10. The van der Waals surface area contributed by atoms with Crippen LogP contribution < -0.4 is 5.73 Å². The van der Waals surface area contributed by atoms with E-state index < -0.39 is 0 Å². The molecule has 1 aromatic carbocycles.